The van der Waals surface area contributed by atoms with Crippen LogP contribution in [-0.2, 0) is 0 Å². The van der Waals surface area contributed by atoms with E-state index in [0.29, 0.717) is 29.4 Å². The van der Waals surface area contributed by atoms with Gasteiger partial charge in [-0.3, -0.25) is 9.78 Å². The van der Waals surface area contributed by atoms with E-state index in [4.69, 9.17) is 4.74 Å². The van der Waals surface area contributed by atoms with Crippen molar-refractivity contribution in [2.45, 2.75) is 6.92 Å². The standard InChI is InChI=1S/C18H15N5O2/c1-2-25-14-9-12(11-5-7-19-8-6-11)3-4-13(14)16-22-17-15(18(24)23-16)20-10-21-17/h3-10H,2H2,1H3,(H2,20,21,22,23,24). The van der Waals surface area contributed by atoms with Gasteiger partial charge in [0.15, 0.2) is 11.2 Å². The van der Waals surface area contributed by atoms with Gasteiger partial charge in [0.25, 0.3) is 5.56 Å². The van der Waals surface area contributed by atoms with Crippen LogP contribution in [0, 0.1) is 0 Å². The Morgan fingerprint density at radius 3 is 2.76 bits per heavy atom. The van der Waals surface area contributed by atoms with Gasteiger partial charge in [-0.05, 0) is 42.3 Å². The molecule has 0 aliphatic carbocycles. The molecule has 0 amide bonds. The van der Waals surface area contributed by atoms with Crippen molar-refractivity contribution < 1.29 is 4.74 Å². The Balaban J connectivity index is 1.86. The van der Waals surface area contributed by atoms with Gasteiger partial charge in [0.1, 0.15) is 11.6 Å². The number of H-pyrrole nitrogens is 2. The lowest BCUT2D eigenvalue weighted by atomic mass is 10.0. The average molecular weight is 333 g/mol. The molecule has 0 atom stereocenters. The molecule has 0 aliphatic rings. The van der Waals surface area contributed by atoms with Crippen molar-refractivity contribution >= 4 is 11.2 Å². The summed E-state index contributed by atoms with van der Waals surface area (Å²) in [5.41, 5.74) is 3.19. The molecular weight excluding hydrogens is 318 g/mol. The van der Waals surface area contributed by atoms with Crippen LogP contribution in [0.2, 0.25) is 0 Å². The zero-order valence-corrected chi connectivity index (χ0v) is 13.5. The Labute approximate surface area is 142 Å². The predicted octanol–water partition coefficient (Wildman–Crippen LogP) is 2.77. The first kappa shape index (κ1) is 15.1. The zero-order valence-electron chi connectivity index (χ0n) is 13.5. The highest BCUT2D eigenvalue weighted by Gasteiger charge is 2.13. The summed E-state index contributed by atoms with van der Waals surface area (Å²) >= 11 is 0. The number of ether oxygens (including phenoxy) is 1. The molecule has 4 rings (SSSR count). The fourth-order valence-corrected chi connectivity index (χ4v) is 2.69. The van der Waals surface area contributed by atoms with Crippen LogP contribution in [0.4, 0.5) is 0 Å². The number of fused-ring (bicyclic) bond motifs is 1. The number of nitrogens with one attached hydrogen (secondary N) is 2. The van der Waals surface area contributed by atoms with Gasteiger partial charge in [0.2, 0.25) is 0 Å². The van der Waals surface area contributed by atoms with Gasteiger partial charge in [0.05, 0.1) is 18.5 Å². The number of nitrogens with zero attached hydrogens (tertiary/aromatic N) is 3. The molecule has 1 aromatic carbocycles. The topological polar surface area (TPSA) is 96.6 Å². The van der Waals surface area contributed by atoms with Gasteiger partial charge in [-0.1, -0.05) is 6.07 Å². The van der Waals surface area contributed by atoms with Gasteiger partial charge in [0, 0.05) is 12.4 Å². The lowest BCUT2D eigenvalue weighted by molar-refractivity contribution is 0.341. The molecule has 0 saturated carbocycles. The van der Waals surface area contributed by atoms with E-state index < -0.39 is 0 Å². The van der Waals surface area contributed by atoms with Gasteiger partial charge in [-0.2, -0.15) is 0 Å². The normalized spacial score (nSPS) is 10.9. The predicted molar refractivity (Wildman–Crippen MR) is 94.3 cm³/mol. The van der Waals surface area contributed by atoms with Crippen LogP contribution in [0.25, 0.3) is 33.7 Å². The SMILES string of the molecule is CCOc1cc(-c2ccncc2)ccc1-c1nc2[nH]cnc2c(=O)[nH]1. The van der Waals surface area contributed by atoms with Gasteiger partial charge >= 0.3 is 0 Å². The van der Waals surface area contributed by atoms with Crippen LogP contribution in [0.1, 0.15) is 6.92 Å². The van der Waals surface area contributed by atoms with Crippen LogP contribution in [0.15, 0.2) is 53.8 Å². The maximum absolute atomic E-state index is 12.2. The Kier molecular flexibility index (Phi) is 3.74. The Morgan fingerprint density at radius 1 is 1.12 bits per heavy atom. The lowest BCUT2D eigenvalue weighted by Gasteiger charge is -2.12. The van der Waals surface area contributed by atoms with Crippen molar-refractivity contribution in [3.8, 4) is 28.3 Å². The molecule has 0 bridgehead atoms. The van der Waals surface area contributed by atoms with Crippen LogP contribution >= 0.6 is 0 Å². The number of rotatable bonds is 4. The number of hydrogen-bond acceptors (Lipinski definition) is 5. The smallest absolute Gasteiger partial charge is 0.279 e. The minimum atomic E-state index is -0.290. The summed E-state index contributed by atoms with van der Waals surface area (Å²) in [6.45, 7) is 2.42. The first-order chi connectivity index (χ1) is 12.3. The van der Waals surface area contributed by atoms with Crippen LogP contribution in [-0.4, -0.2) is 31.5 Å². The van der Waals surface area contributed by atoms with E-state index in [9.17, 15) is 4.79 Å². The van der Waals surface area contributed by atoms with Crippen molar-refractivity contribution in [3.63, 3.8) is 0 Å². The third kappa shape index (κ3) is 2.76. The van der Waals surface area contributed by atoms with Crippen molar-refractivity contribution in [2.75, 3.05) is 6.61 Å². The molecule has 7 nitrogen and oxygen atoms in total. The lowest BCUT2D eigenvalue weighted by Crippen LogP contribution is -2.10. The van der Waals surface area contributed by atoms with Crippen molar-refractivity contribution in [3.05, 3.63) is 59.4 Å². The number of imidazole rings is 1. The Hall–Kier alpha value is -3.48. The minimum Gasteiger partial charge on any atom is -0.493 e. The Bertz CT molecular complexity index is 1090. The highest BCUT2D eigenvalue weighted by molar-refractivity contribution is 5.76. The van der Waals surface area contributed by atoms with E-state index in [0.717, 1.165) is 11.1 Å². The quantitative estimate of drug-likeness (QED) is 0.598. The largest absolute Gasteiger partial charge is 0.493 e. The molecule has 0 aliphatic heterocycles. The minimum absolute atomic E-state index is 0.287. The van der Waals surface area contributed by atoms with Crippen molar-refractivity contribution in [1.82, 2.24) is 24.9 Å². The average Bonchev–Trinajstić information content (AvgIpc) is 3.12. The summed E-state index contributed by atoms with van der Waals surface area (Å²) in [6, 6.07) is 9.65. The number of pyridine rings is 1. The second kappa shape index (κ2) is 6.20. The summed E-state index contributed by atoms with van der Waals surface area (Å²) in [7, 11) is 0. The monoisotopic (exact) mass is 333 g/mol. The maximum Gasteiger partial charge on any atom is 0.279 e. The molecule has 0 radical (unpaired) electrons. The summed E-state index contributed by atoms with van der Waals surface area (Å²) in [5.74, 6) is 1.09. The third-order valence-corrected chi connectivity index (χ3v) is 3.84. The van der Waals surface area contributed by atoms with E-state index >= 15 is 0 Å². The number of aromatic amines is 2. The van der Waals surface area contributed by atoms with Crippen molar-refractivity contribution in [1.29, 1.82) is 0 Å². The van der Waals surface area contributed by atoms with E-state index in [-0.39, 0.29) is 11.1 Å². The summed E-state index contributed by atoms with van der Waals surface area (Å²) in [6.07, 6.45) is 4.94. The van der Waals surface area contributed by atoms with Crippen molar-refractivity contribution in [2.24, 2.45) is 0 Å². The highest BCUT2D eigenvalue weighted by atomic mass is 16.5. The summed E-state index contributed by atoms with van der Waals surface area (Å²) in [4.78, 5) is 30.3. The van der Waals surface area contributed by atoms with E-state index in [2.05, 4.69) is 24.9 Å². The molecular formula is C18H15N5O2. The second-order valence-electron chi connectivity index (χ2n) is 5.39. The molecule has 0 fully saturated rings. The molecule has 3 heterocycles. The van der Waals surface area contributed by atoms with Gasteiger partial charge < -0.3 is 14.7 Å². The molecule has 3 aromatic heterocycles. The first-order valence-corrected chi connectivity index (χ1v) is 7.87. The molecule has 25 heavy (non-hydrogen) atoms. The van der Waals surface area contributed by atoms with E-state index in [1.165, 1.54) is 6.33 Å². The fourth-order valence-electron chi connectivity index (χ4n) is 2.69. The Morgan fingerprint density at radius 2 is 1.96 bits per heavy atom. The first-order valence-electron chi connectivity index (χ1n) is 7.87. The number of hydrogen-bond donors (Lipinski definition) is 2. The summed E-state index contributed by atoms with van der Waals surface area (Å²) < 4.78 is 5.78. The fraction of sp³-hybridized carbons (Fsp3) is 0.111. The highest BCUT2D eigenvalue weighted by Crippen LogP contribution is 2.32. The van der Waals surface area contributed by atoms with Crippen LogP contribution in [0.3, 0.4) is 0 Å². The second-order valence-corrected chi connectivity index (χ2v) is 5.39. The zero-order chi connectivity index (χ0) is 17.2. The number of aromatic nitrogens is 5. The molecule has 2 N–H and O–H groups in total. The summed E-state index contributed by atoms with van der Waals surface area (Å²) in [5, 5.41) is 0. The van der Waals surface area contributed by atoms with E-state index in [1.54, 1.807) is 12.4 Å². The van der Waals surface area contributed by atoms with E-state index in [1.807, 2.05) is 37.3 Å². The molecule has 0 unspecified atom stereocenters. The van der Waals surface area contributed by atoms with Crippen LogP contribution < -0.4 is 10.3 Å². The molecule has 0 spiro atoms. The molecule has 0 saturated heterocycles. The van der Waals surface area contributed by atoms with Gasteiger partial charge in [-0.15, -0.1) is 0 Å². The van der Waals surface area contributed by atoms with Gasteiger partial charge in [-0.25, -0.2) is 9.97 Å². The number of benzene rings is 1. The van der Waals surface area contributed by atoms with Crippen LogP contribution in [0.5, 0.6) is 5.75 Å². The third-order valence-electron chi connectivity index (χ3n) is 3.84. The maximum atomic E-state index is 12.2. The molecule has 124 valence electrons. The molecule has 4 aromatic rings. The molecule has 7 heteroatoms.